The van der Waals surface area contributed by atoms with Gasteiger partial charge in [-0.05, 0) is 6.07 Å². The van der Waals surface area contributed by atoms with Gasteiger partial charge in [0.1, 0.15) is 5.75 Å². The molecule has 2 heterocycles. The van der Waals surface area contributed by atoms with E-state index in [0.717, 1.165) is 24.4 Å². The summed E-state index contributed by atoms with van der Waals surface area (Å²) >= 11 is 0. The van der Waals surface area contributed by atoms with Crippen LogP contribution in [0.15, 0.2) is 30.5 Å². The summed E-state index contributed by atoms with van der Waals surface area (Å²) < 4.78 is 10.7. The molecule has 1 N–H and O–H groups in total. The quantitative estimate of drug-likeness (QED) is 0.893. The van der Waals surface area contributed by atoms with E-state index in [9.17, 15) is 0 Å². The fraction of sp³-hybridized carbons (Fsp3) is 0.400. The zero-order valence-corrected chi connectivity index (χ0v) is 12.5. The molecule has 0 bridgehead atoms. The second-order valence-electron chi connectivity index (χ2n) is 4.91. The summed E-state index contributed by atoms with van der Waals surface area (Å²) in [5.41, 5.74) is 1.07. The largest absolute Gasteiger partial charge is 0.496 e. The SMILES string of the molecule is COc1ccccc1CNc1cnnc(N2CCOCC2)n1. The van der Waals surface area contributed by atoms with Crippen LogP contribution in [0.5, 0.6) is 5.75 Å². The van der Waals surface area contributed by atoms with Crippen LogP contribution >= 0.6 is 0 Å². The summed E-state index contributed by atoms with van der Waals surface area (Å²) in [6.07, 6.45) is 1.62. The molecular formula is C15H19N5O2. The first-order valence-electron chi connectivity index (χ1n) is 7.25. The minimum Gasteiger partial charge on any atom is -0.496 e. The number of methoxy groups -OCH3 is 1. The van der Waals surface area contributed by atoms with Crippen LogP contribution in [0.4, 0.5) is 11.8 Å². The Labute approximate surface area is 129 Å². The van der Waals surface area contributed by atoms with Crippen molar-refractivity contribution in [3.05, 3.63) is 36.0 Å². The molecule has 1 aromatic carbocycles. The molecule has 0 amide bonds. The second-order valence-corrected chi connectivity index (χ2v) is 4.91. The summed E-state index contributed by atoms with van der Waals surface area (Å²) in [6.45, 7) is 3.59. The van der Waals surface area contributed by atoms with Gasteiger partial charge in [0, 0.05) is 25.2 Å². The number of ether oxygens (including phenoxy) is 2. The molecule has 1 saturated heterocycles. The van der Waals surface area contributed by atoms with Crippen molar-refractivity contribution in [1.82, 2.24) is 15.2 Å². The number of hydrogen-bond acceptors (Lipinski definition) is 7. The van der Waals surface area contributed by atoms with E-state index < -0.39 is 0 Å². The molecule has 0 saturated carbocycles. The number of aromatic nitrogens is 3. The third kappa shape index (κ3) is 3.43. The molecule has 0 atom stereocenters. The highest BCUT2D eigenvalue weighted by Gasteiger charge is 2.14. The zero-order chi connectivity index (χ0) is 15.2. The first kappa shape index (κ1) is 14.5. The van der Waals surface area contributed by atoms with Gasteiger partial charge in [-0.2, -0.15) is 10.1 Å². The van der Waals surface area contributed by atoms with Crippen LogP contribution in [-0.2, 0) is 11.3 Å². The molecule has 0 spiro atoms. The maximum Gasteiger partial charge on any atom is 0.247 e. The normalized spacial score (nSPS) is 14.7. The highest BCUT2D eigenvalue weighted by molar-refractivity contribution is 5.42. The number of nitrogens with one attached hydrogen (secondary N) is 1. The van der Waals surface area contributed by atoms with E-state index in [2.05, 4.69) is 25.4 Å². The molecule has 2 aromatic rings. The number of hydrogen-bond donors (Lipinski definition) is 1. The number of rotatable bonds is 5. The fourth-order valence-electron chi connectivity index (χ4n) is 2.31. The van der Waals surface area contributed by atoms with Crippen molar-refractivity contribution in [2.45, 2.75) is 6.54 Å². The maximum atomic E-state index is 5.34. The smallest absolute Gasteiger partial charge is 0.247 e. The maximum absolute atomic E-state index is 5.34. The van der Waals surface area contributed by atoms with E-state index in [0.29, 0.717) is 31.5 Å². The van der Waals surface area contributed by atoms with Gasteiger partial charge in [-0.25, -0.2) is 0 Å². The molecule has 7 heteroatoms. The van der Waals surface area contributed by atoms with Gasteiger partial charge in [-0.3, -0.25) is 0 Å². The zero-order valence-electron chi connectivity index (χ0n) is 12.5. The van der Waals surface area contributed by atoms with Crippen molar-refractivity contribution in [3.63, 3.8) is 0 Å². The molecule has 1 fully saturated rings. The van der Waals surface area contributed by atoms with Gasteiger partial charge in [0.15, 0.2) is 5.82 Å². The molecule has 22 heavy (non-hydrogen) atoms. The lowest BCUT2D eigenvalue weighted by Crippen LogP contribution is -2.37. The Morgan fingerprint density at radius 2 is 2.09 bits per heavy atom. The fourth-order valence-corrected chi connectivity index (χ4v) is 2.31. The van der Waals surface area contributed by atoms with Gasteiger partial charge >= 0.3 is 0 Å². The van der Waals surface area contributed by atoms with Crippen LogP contribution in [-0.4, -0.2) is 48.6 Å². The van der Waals surface area contributed by atoms with E-state index in [4.69, 9.17) is 9.47 Å². The average molecular weight is 301 g/mol. The van der Waals surface area contributed by atoms with Crippen LogP contribution in [0.2, 0.25) is 0 Å². The summed E-state index contributed by atoms with van der Waals surface area (Å²) in [5.74, 6) is 2.18. The molecule has 1 aliphatic heterocycles. The Bertz CT molecular complexity index is 616. The van der Waals surface area contributed by atoms with Crippen molar-refractivity contribution in [1.29, 1.82) is 0 Å². The minimum absolute atomic E-state index is 0.616. The van der Waals surface area contributed by atoms with Crippen LogP contribution in [0.1, 0.15) is 5.56 Å². The Balaban J connectivity index is 1.67. The second kappa shape index (κ2) is 7.04. The number of para-hydroxylation sites is 1. The van der Waals surface area contributed by atoms with E-state index in [1.807, 2.05) is 24.3 Å². The molecule has 0 radical (unpaired) electrons. The van der Waals surface area contributed by atoms with Crippen LogP contribution in [0.3, 0.4) is 0 Å². The van der Waals surface area contributed by atoms with Crippen LogP contribution in [0, 0.1) is 0 Å². The first-order chi connectivity index (χ1) is 10.9. The molecule has 7 nitrogen and oxygen atoms in total. The number of morpholine rings is 1. The standard InChI is InChI=1S/C15H19N5O2/c1-21-13-5-3-2-4-12(13)10-16-14-11-17-19-15(18-14)20-6-8-22-9-7-20/h2-5,11H,6-10H2,1H3,(H,16,18,19). The Hall–Kier alpha value is -2.41. The third-order valence-electron chi connectivity index (χ3n) is 3.49. The monoisotopic (exact) mass is 301 g/mol. The van der Waals surface area contributed by atoms with Crippen molar-refractivity contribution < 1.29 is 9.47 Å². The van der Waals surface area contributed by atoms with Crippen molar-refractivity contribution in [2.24, 2.45) is 0 Å². The van der Waals surface area contributed by atoms with Gasteiger partial charge in [-0.1, -0.05) is 18.2 Å². The molecule has 0 unspecified atom stereocenters. The van der Waals surface area contributed by atoms with Gasteiger partial charge in [0.2, 0.25) is 5.95 Å². The van der Waals surface area contributed by atoms with Crippen LogP contribution in [0.25, 0.3) is 0 Å². The molecule has 3 rings (SSSR count). The molecular weight excluding hydrogens is 282 g/mol. The van der Waals surface area contributed by atoms with Crippen LogP contribution < -0.4 is 15.0 Å². The van der Waals surface area contributed by atoms with Gasteiger partial charge in [0.05, 0.1) is 26.5 Å². The summed E-state index contributed by atoms with van der Waals surface area (Å²) in [6, 6.07) is 7.89. The first-order valence-corrected chi connectivity index (χ1v) is 7.25. The number of anilines is 2. The highest BCUT2D eigenvalue weighted by Crippen LogP contribution is 2.18. The van der Waals surface area contributed by atoms with E-state index in [1.165, 1.54) is 0 Å². The molecule has 1 aromatic heterocycles. The molecule has 0 aliphatic carbocycles. The lowest BCUT2D eigenvalue weighted by molar-refractivity contribution is 0.122. The number of nitrogens with zero attached hydrogens (tertiary/aromatic N) is 4. The highest BCUT2D eigenvalue weighted by atomic mass is 16.5. The molecule has 1 aliphatic rings. The van der Waals surface area contributed by atoms with Gasteiger partial charge in [0.25, 0.3) is 0 Å². The number of benzene rings is 1. The lowest BCUT2D eigenvalue weighted by atomic mass is 10.2. The average Bonchev–Trinajstić information content (AvgIpc) is 2.61. The summed E-state index contributed by atoms with van der Waals surface area (Å²) in [4.78, 5) is 6.59. The molecule has 116 valence electrons. The van der Waals surface area contributed by atoms with Crippen molar-refractivity contribution in [3.8, 4) is 5.75 Å². The van der Waals surface area contributed by atoms with Crippen molar-refractivity contribution in [2.75, 3.05) is 43.6 Å². The Kier molecular flexibility index (Phi) is 4.65. The van der Waals surface area contributed by atoms with Gasteiger partial charge in [-0.15, -0.1) is 5.10 Å². The lowest BCUT2D eigenvalue weighted by Gasteiger charge is -2.26. The predicted molar refractivity (Wildman–Crippen MR) is 83.2 cm³/mol. The Morgan fingerprint density at radius 3 is 2.91 bits per heavy atom. The summed E-state index contributed by atoms with van der Waals surface area (Å²) in [5, 5.41) is 11.4. The van der Waals surface area contributed by atoms with E-state index >= 15 is 0 Å². The summed E-state index contributed by atoms with van der Waals surface area (Å²) in [7, 11) is 1.67. The topological polar surface area (TPSA) is 72.4 Å². The Morgan fingerprint density at radius 1 is 1.27 bits per heavy atom. The van der Waals surface area contributed by atoms with Gasteiger partial charge < -0.3 is 19.7 Å². The van der Waals surface area contributed by atoms with E-state index in [-0.39, 0.29) is 0 Å². The van der Waals surface area contributed by atoms with Crippen molar-refractivity contribution >= 4 is 11.8 Å². The third-order valence-corrected chi connectivity index (χ3v) is 3.49. The minimum atomic E-state index is 0.616. The predicted octanol–water partition coefficient (Wildman–Crippen LogP) is 1.33. The van der Waals surface area contributed by atoms with E-state index in [1.54, 1.807) is 13.3 Å².